The van der Waals surface area contributed by atoms with Gasteiger partial charge < -0.3 is 14.6 Å². The molecular formula is C28H30F6O3. The summed E-state index contributed by atoms with van der Waals surface area (Å²) in [5.41, 5.74) is -3.30. The Hall–Kier alpha value is -2.10. The van der Waals surface area contributed by atoms with Crippen LogP contribution in [0.5, 0.6) is 0 Å². The van der Waals surface area contributed by atoms with Gasteiger partial charge in [0.2, 0.25) is 0 Å². The van der Waals surface area contributed by atoms with Crippen molar-refractivity contribution < 1.29 is 40.9 Å². The lowest BCUT2D eigenvalue weighted by molar-refractivity contribution is -0.208. The molecule has 1 N–H and O–H groups in total. The van der Waals surface area contributed by atoms with Crippen molar-refractivity contribution in [3.8, 4) is 0 Å². The van der Waals surface area contributed by atoms with E-state index in [4.69, 9.17) is 9.47 Å². The van der Waals surface area contributed by atoms with Crippen molar-refractivity contribution >= 4 is 0 Å². The lowest BCUT2D eigenvalue weighted by Gasteiger charge is -2.39. The van der Waals surface area contributed by atoms with E-state index in [2.05, 4.69) is 20.8 Å². The average Bonchev–Trinajstić information content (AvgIpc) is 3.39. The standard InChI is InChI=1S/C28H30F6O3/c1-25(2)18-12-13-26(25,3)24-17(18)14-21(37-24)36-23(16-9-5-7-11-20(16)28(32,33)34)22(35)15-8-4-6-10-19(15)27(29,30)31/h4-11,17-18,21-24,35H,12-14H2,1-3H3/t17-,18+,21+,22-,23-,24-,26+/m1/s1. The van der Waals surface area contributed by atoms with Crippen molar-refractivity contribution in [3.63, 3.8) is 0 Å². The molecule has 202 valence electrons. The van der Waals surface area contributed by atoms with Gasteiger partial charge in [-0.05, 0) is 58.8 Å². The largest absolute Gasteiger partial charge is 0.416 e. The van der Waals surface area contributed by atoms with Gasteiger partial charge in [0, 0.05) is 6.42 Å². The zero-order valence-corrected chi connectivity index (χ0v) is 20.7. The zero-order valence-electron chi connectivity index (χ0n) is 20.7. The summed E-state index contributed by atoms with van der Waals surface area (Å²) in [6.45, 7) is 6.58. The van der Waals surface area contributed by atoms with E-state index in [0.29, 0.717) is 12.3 Å². The summed E-state index contributed by atoms with van der Waals surface area (Å²) in [7, 11) is 0. The molecule has 3 nitrogen and oxygen atoms in total. The Bertz CT molecular complexity index is 1160. The molecule has 0 amide bonds. The quantitative estimate of drug-likeness (QED) is 0.404. The summed E-state index contributed by atoms with van der Waals surface area (Å²) >= 11 is 0. The number of rotatable bonds is 5. The highest BCUT2D eigenvalue weighted by atomic mass is 19.4. The normalized spacial score (nSPS) is 32.4. The van der Waals surface area contributed by atoms with E-state index in [1.165, 1.54) is 18.2 Å². The van der Waals surface area contributed by atoms with Crippen LogP contribution in [0.1, 0.15) is 74.5 Å². The molecule has 2 saturated carbocycles. The van der Waals surface area contributed by atoms with Crippen LogP contribution in [-0.4, -0.2) is 17.5 Å². The molecule has 2 bridgehead atoms. The van der Waals surface area contributed by atoms with Crippen LogP contribution < -0.4 is 0 Å². The molecule has 1 heterocycles. The van der Waals surface area contributed by atoms with Crippen LogP contribution >= 0.6 is 0 Å². The highest BCUT2D eigenvalue weighted by Crippen LogP contribution is 2.71. The second-order valence-corrected chi connectivity index (χ2v) is 11.3. The summed E-state index contributed by atoms with van der Waals surface area (Å²) in [5, 5.41) is 11.2. The maximum absolute atomic E-state index is 13.9. The van der Waals surface area contributed by atoms with Gasteiger partial charge in [-0.3, -0.25) is 0 Å². The minimum Gasteiger partial charge on any atom is -0.385 e. The van der Waals surface area contributed by atoms with Crippen molar-refractivity contribution in [1.82, 2.24) is 0 Å². The van der Waals surface area contributed by atoms with Crippen LogP contribution in [-0.2, 0) is 21.8 Å². The van der Waals surface area contributed by atoms with Crippen LogP contribution in [0.2, 0.25) is 0 Å². The molecule has 1 saturated heterocycles. The molecule has 1 aliphatic heterocycles. The molecule has 3 aliphatic rings. The summed E-state index contributed by atoms with van der Waals surface area (Å²) in [6, 6.07) is 8.83. The van der Waals surface area contributed by atoms with Crippen LogP contribution in [0.15, 0.2) is 48.5 Å². The maximum Gasteiger partial charge on any atom is 0.416 e. The fourth-order valence-corrected chi connectivity index (χ4v) is 7.23. The van der Waals surface area contributed by atoms with Crippen LogP contribution in [0.25, 0.3) is 0 Å². The second kappa shape index (κ2) is 8.71. The Kier molecular flexibility index (Phi) is 6.24. The molecule has 2 aromatic rings. The van der Waals surface area contributed by atoms with Gasteiger partial charge in [0.25, 0.3) is 0 Å². The van der Waals surface area contributed by atoms with Gasteiger partial charge in [0.15, 0.2) is 6.29 Å². The minimum atomic E-state index is -4.81. The van der Waals surface area contributed by atoms with Gasteiger partial charge in [0.05, 0.1) is 17.2 Å². The van der Waals surface area contributed by atoms with E-state index < -0.39 is 53.1 Å². The highest BCUT2D eigenvalue weighted by Gasteiger charge is 2.69. The number of hydrogen-bond acceptors (Lipinski definition) is 3. The fraction of sp³-hybridized carbons (Fsp3) is 0.571. The van der Waals surface area contributed by atoms with Crippen molar-refractivity contribution in [1.29, 1.82) is 0 Å². The number of aliphatic hydroxyl groups is 1. The number of halogens is 6. The molecule has 37 heavy (non-hydrogen) atoms. The third-order valence-corrected chi connectivity index (χ3v) is 9.41. The lowest BCUT2D eigenvalue weighted by atomic mass is 9.70. The second-order valence-electron chi connectivity index (χ2n) is 11.3. The Morgan fingerprint density at radius 3 is 2.00 bits per heavy atom. The van der Waals surface area contributed by atoms with Crippen molar-refractivity contribution in [2.45, 2.75) is 77.0 Å². The molecular weight excluding hydrogens is 498 g/mol. The molecule has 3 fully saturated rings. The lowest BCUT2D eigenvalue weighted by Crippen LogP contribution is -2.38. The van der Waals surface area contributed by atoms with Gasteiger partial charge >= 0.3 is 12.4 Å². The number of fused-ring (bicyclic) bond motifs is 5. The van der Waals surface area contributed by atoms with E-state index in [1.54, 1.807) is 0 Å². The molecule has 2 aliphatic carbocycles. The van der Waals surface area contributed by atoms with E-state index >= 15 is 0 Å². The summed E-state index contributed by atoms with van der Waals surface area (Å²) in [6.07, 6.45) is -12.1. The summed E-state index contributed by atoms with van der Waals surface area (Å²) < 4.78 is 95.4. The van der Waals surface area contributed by atoms with Crippen molar-refractivity contribution in [2.24, 2.45) is 22.7 Å². The maximum atomic E-state index is 13.9. The first-order valence-electron chi connectivity index (χ1n) is 12.5. The number of aliphatic hydroxyl groups excluding tert-OH is 1. The van der Waals surface area contributed by atoms with Gasteiger partial charge in [-0.15, -0.1) is 0 Å². The summed E-state index contributed by atoms with van der Waals surface area (Å²) in [5.74, 6) is 0.491. The third-order valence-electron chi connectivity index (χ3n) is 9.41. The van der Waals surface area contributed by atoms with Crippen molar-refractivity contribution in [2.75, 3.05) is 0 Å². The SMILES string of the molecule is CC1(C)[C@H]2CC[C@@]1(C)[C@@H]1O[C@H](O[C@H](c3ccccc3C(F)(F)F)[C@H](O)c3ccccc3C(F)(F)F)C[C@@H]12. The molecule has 0 aromatic heterocycles. The van der Waals surface area contributed by atoms with Crippen LogP contribution in [0, 0.1) is 22.7 Å². The minimum absolute atomic E-state index is 0.0285. The van der Waals surface area contributed by atoms with Crippen molar-refractivity contribution in [3.05, 3.63) is 70.8 Å². The van der Waals surface area contributed by atoms with Gasteiger partial charge in [-0.1, -0.05) is 57.2 Å². The number of ether oxygens (including phenoxy) is 2. The number of alkyl halides is 6. The monoisotopic (exact) mass is 528 g/mol. The Morgan fingerprint density at radius 1 is 0.892 bits per heavy atom. The molecule has 5 rings (SSSR count). The molecule has 2 aromatic carbocycles. The fourth-order valence-electron chi connectivity index (χ4n) is 7.23. The first-order chi connectivity index (χ1) is 17.2. The van der Waals surface area contributed by atoms with E-state index in [1.807, 2.05) is 0 Å². The molecule has 0 spiro atoms. The van der Waals surface area contributed by atoms with E-state index in [9.17, 15) is 31.4 Å². The van der Waals surface area contributed by atoms with Gasteiger partial charge in [-0.2, -0.15) is 26.3 Å². The first kappa shape index (κ1) is 26.5. The average molecular weight is 529 g/mol. The van der Waals surface area contributed by atoms with Crippen LogP contribution in [0.4, 0.5) is 26.3 Å². The zero-order chi connectivity index (χ0) is 27.0. The predicted octanol–water partition coefficient (Wildman–Crippen LogP) is 7.70. The number of benzene rings is 2. The Balaban J connectivity index is 1.52. The van der Waals surface area contributed by atoms with Gasteiger partial charge in [-0.25, -0.2) is 0 Å². The first-order valence-corrected chi connectivity index (χ1v) is 12.5. The Labute approximate surface area is 211 Å². The molecule has 7 atom stereocenters. The third kappa shape index (κ3) is 4.17. The van der Waals surface area contributed by atoms with Gasteiger partial charge in [0.1, 0.15) is 12.2 Å². The molecule has 9 heteroatoms. The highest BCUT2D eigenvalue weighted by molar-refractivity contribution is 5.37. The summed E-state index contributed by atoms with van der Waals surface area (Å²) in [4.78, 5) is 0. The predicted molar refractivity (Wildman–Crippen MR) is 123 cm³/mol. The van der Waals surface area contributed by atoms with Crippen LogP contribution in [0.3, 0.4) is 0 Å². The molecule has 0 unspecified atom stereocenters. The van der Waals surface area contributed by atoms with E-state index in [-0.39, 0.29) is 22.9 Å². The van der Waals surface area contributed by atoms with E-state index in [0.717, 1.165) is 43.2 Å². The topological polar surface area (TPSA) is 38.7 Å². The Morgan fingerprint density at radius 2 is 1.43 bits per heavy atom. The molecule has 0 radical (unpaired) electrons. The number of hydrogen-bond donors (Lipinski definition) is 1. The smallest absolute Gasteiger partial charge is 0.385 e.